The van der Waals surface area contributed by atoms with E-state index in [4.69, 9.17) is 4.42 Å². The highest BCUT2D eigenvalue weighted by Gasteiger charge is 2.10. The van der Waals surface area contributed by atoms with Gasteiger partial charge in [-0.15, -0.1) is 0 Å². The van der Waals surface area contributed by atoms with Crippen LogP contribution in [0.15, 0.2) is 67.6 Å². The Kier molecular flexibility index (Phi) is 2.62. The van der Waals surface area contributed by atoms with Crippen molar-refractivity contribution in [2.24, 2.45) is 5.10 Å². The molecule has 0 radical (unpaired) electrons. The molecule has 4 rings (SSSR count). The molecule has 0 aliphatic heterocycles. The van der Waals surface area contributed by atoms with E-state index in [1.807, 2.05) is 12.1 Å². The molecule has 0 amide bonds. The molecule has 0 saturated carbocycles. The molecule has 3 aromatic carbocycles. The third-order valence-electron chi connectivity index (χ3n) is 3.40. The van der Waals surface area contributed by atoms with Gasteiger partial charge in [-0.2, -0.15) is 10.1 Å². The summed E-state index contributed by atoms with van der Waals surface area (Å²) in [5.74, 6) is 0. The summed E-state index contributed by atoms with van der Waals surface area (Å²) in [5.41, 5.74) is 3.00. The van der Waals surface area contributed by atoms with Crippen LogP contribution in [0.5, 0.6) is 0 Å². The van der Waals surface area contributed by atoms with Gasteiger partial charge in [0.1, 0.15) is 5.52 Å². The molecule has 0 aliphatic rings. The highest BCUT2D eigenvalue weighted by atomic mass is 16.4. The normalized spacial score (nSPS) is 11.1. The van der Waals surface area contributed by atoms with Crippen molar-refractivity contribution < 1.29 is 4.42 Å². The lowest BCUT2D eigenvalue weighted by Gasteiger charge is -1.88. The second kappa shape index (κ2) is 4.63. The minimum atomic E-state index is -0.399. The number of anilines is 1. The Morgan fingerprint density at radius 3 is 2.23 bits per heavy atom. The van der Waals surface area contributed by atoms with Crippen molar-refractivity contribution >= 4 is 27.9 Å². The van der Waals surface area contributed by atoms with Crippen molar-refractivity contribution in [1.82, 2.24) is 4.98 Å². The first-order chi connectivity index (χ1) is 10.7. The molecule has 0 aliphatic carbocycles. The summed E-state index contributed by atoms with van der Waals surface area (Å²) in [6.07, 6.45) is 0. The maximum atomic E-state index is 12.2. The average molecular weight is 291 g/mol. The van der Waals surface area contributed by atoms with Crippen molar-refractivity contribution in [3.05, 3.63) is 74.3 Å². The second-order valence-corrected chi connectivity index (χ2v) is 4.76. The van der Waals surface area contributed by atoms with Crippen LogP contribution in [0.3, 0.4) is 0 Å². The second-order valence-electron chi connectivity index (χ2n) is 4.76. The van der Waals surface area contributed by atoms with Crippen molar-refractivity contribution in [2.45, 2.75) is 0 Å². The topological polar surface area (TPSA) is 84.6 Å². The van der Waals surface area contributed by atoms with Crippen LogP contribution in [0, 0.1) is 0 Å². The van der Waals surface area contributed by atoms with Gasteiger partial charge in [-0.25, -0.2) is 5.43 Å². The number of para-hydroxylation sites is 2. The Morgan fingerprint density at radius 1 is 0.909 bits per heavy atom. The van der Waals surface area contributed by atoms with E-state index in [2.05, 4.69) is 15.5 Å². The van der Waals surface area contributed by atoms with E-state index in [1.54, 1.807) is 36.4 Å². The Labute approximate surface area is 123 Å². The minimum Gasteiger partial charge on any atom is -0.422 e. The summed E-state index contributed by atoms with van der Waals surface area (Å²) >= 11 is 0. The predicted octanol–water partition coefficient (Wildman–Crippen LogP) is 1.50. The minimum absolute atomic E-state index is 0.130. The standard InChI is InChI=1S/C16H9N3O3/c20-14-9-5-1-2-6-10(9)15(21)13(14)18-19-16-17-11-7-3-4-8-12(11)22-16/h1-8H,(H,17,19). The van der Waals surface area contributed by atoms with Crippen LogP contribution >= 0.6 is 0 Å². The molecule has 1 aromatic heterocycles. The number of hydrogen-bond donors (Lipinski definition) is 1. The van der Waals surface area contributed by atoms with Crippen LogP contribution in [-0.4, -0.2) is 4.98 Å². The zero-order valence-corrected chi connectivity index (χ0v) is 11.2. The highest BCUT2D eigenvalue weighted by Crippen LogP contribution is 2.17. The van der Waals surface area contributed by atoms with Crippen molar-refractivity contribution in [3.8, 4) is 0 Å². The Hall–Kier alpha value is -3.28. The Balaban J connectivity index is 1.83. The van der Waals surface area contributed by atoms with Gasteiger partial charge in [-0.05, 0) is 12.1 Å². The molecule has 6 heteroatoms. The molecule has 1 N–H and O–H groups in total. The van der Waals surface area contributed by atoms with E-state index in [0.717, 1.165) is 0 Å². The molecule has 0 fully saturated rings. The van der Waals surface area contributed by atoms with Gasteiger partial charge >= 0.3 is 6.01 Å². The van der Waals surface area contributed by atoms with Crippen molar-refractivity contribution in [2.75, 3.05) is 5.43 Å². The molecule has 6 nitrogen and oxygen atoms in total. The number of nitrogens with zero attached hydrogens (tertiary/aromatic N) is 2. The predicted molar refractivity (Wildman–Crippen MR) is 82.1 cm³/mol. The van der Waals surface area contributed by atoms with Crippen LogP contribution in [0.25, 0.3) is 21.9 Å². The van der Waals surface area contributed by atoms with Gasteiger partial charge in [0, 0.05) is 10.8 Å². The van der Waals surface area contributed by atoms with Gasteiger partial charge in [-0.1, -0.05) is 36.4 Å². The molecule has 0 bridgehead atoms. The lowest BCUT2D eigenvalue weighted by molar-refractivity contribution is 0.616. The molecule has 1 heterocycles. The fraction of sp³-hybridized carbons (Fsp3) is 0. The van der Waals surface area contributed by atoms with Gasteiger partial charge in [0.2, 0.25) is 10.9 Å². The fourth-order valence-corrected chi connectivity index (χ4v) is 2.36. The van der Waals surface area contributed by atoms with E-state index in [1.165, 1.54) is 0 Å². The zero-order valence-electron chi connectivity index (χ0n) is 11.2. The third-order valence-corrected chi connectivity index (χ3v) is 3.40. The number of rotatable bonds is 2. The number of oxazole rings is 1. The fourth-order valence-electron chi connectivity index (χ4n) is 2.36. The summed E-state index contributed by atoms with van der Waals surface area (Å²) in [7, 11) is 0. The van der Waals surface area contributed by atoms with E-state index >= 15 is 0 Å². The molecule has 22 heavy (non-hydrogen) atoms. The van der Waals surface area contributed by atoms with E-state index < -0.39 is 10.9 Å². The SMILES string of the molecule is O=c1c(=NNc2nc3ccccc3o2)c(=O)c2ccccc12. The molecule has 0 atom stereocenters. The lowest BCUT2D eigenvalue weighted by atomic mass is 10.2. The smallest absolute Gasteiger partial charge is 0.316 e. The summed E-state index contributed by atoms with van der Waals surface area (Å²) in [5, 5.41) is 4.45. The number of nitrogens with one attached hydrogen (secondary N) is 1. The first-order valence-corrected chi connectivity index (χ1v) is 6.62. The molecule has 0 unspecified atom stereocenters. The summed E-state index contributed by atoms with van der Waals surface area (Å²) in [4.78, 5) is 28.5. The first kappa shape index (κ1) is 12.5. The number of hydrogen-bond acceptors (Lipinski definition) is 6. The van der Waals surface area contributed by atoms with Gasteiger partial charge < -0.3 is 4.42 Å². The van der Waals surface area contributed by atoms with Gasteiger partial charge in [0.15, 0.2) is 10.9 Å². The third kappa shape index (κ3) is 1.81. The summed E-state index contributed by atoms with van der Waals surface area (Å²) < 4.78 is 5.42. The van der Waals surface area contributed by atoms with Crippen LogP contribution in [0.2, 0.25) is 0 Å². The van der Waals surface area contributed by atoms with Gasteiger partial charge in [0.05, 0.1) is 0 Å². The van der Waals surface area contributed by atoms with Gasteiger partial charge in [0.25, 0.3) is 0 Å². The maximum absolute atomic E-state index is 12.2. The van der Waals surface area contributed by atoms with Crippen LogP contribution in [0.4, 0.5) is 6.01 Å². The van der Waals surface area contributed by atoms with Gasteiger partial charge in [-0.3, -0.25) is 9.59 Å². The maximum Gasteiger partial charge on any atom is 0.316 e. The average Bonchev–Trinajstić information content (AvgIpc) is 3.06. The lowest BCUT2D eigenvalue weighted by Crippen LogP contribution is -2.32. The molecule has 0 spiro atoms. The number of fused-ring (bicyclic) bond motifs is 2. The Bertz CT molecular complexity index is 1070. The quantitative estimate of drug-likeness (QED) is 0.566. The highest BCUT2D eigenvalue weighted by molar-refractivity contribution is 5.83. The van der Waals surface area contributed by atoms with Crippen molar-refractivity contribution in [3.63, 3.8) is 0 Å². The Morgan fingerprint density at radius 2 is 1.55 bits per heavy atom. The monoisotopic (exact) mass is 291 g/mol. The summed E-state index contributed by atoms with van der Waals surface area (Å²) in [6, 6.07) is 14.0. The van der Waals surface area contributed by atoms with Crippen LogP contribution in [-0.2, 0) is 0 Å². The molecular formula is C16H9N3O3. The number of benzene rings is 2. The molecule has 106 valence electrons. The molecule has 0 saturated heterocycles. The number of aromatic nitrogens is 1. The largest absolute Gasteiger partial charge is 0.422 e. The van der Waals surface area contributed by atoms with E-state index in [-0.39, 0.29) is 11.4 Å². The van der Waals surface area contributed by atoms with Crippen LogP contribution in [0.1, 0.15) is 0 Å². The summed E-state index contributed by atoms with van der Waals surface area (Å²) in [6.45, 7) is 0. The first-order valence-electron chi connectivity index (χ1n) is 6.62. The van der Waals surface area contributed by atoms with Crippen molar-refractivity contribution in [1.29, 1.82) is 0 Å². The molecule has 4 aromatic rings. The molecular weight excluding hydrogens is 282 g/mol. The van der Waals surface area contributed by atoms with E-state index in [9.17, 15) is 9.59 Å². The zero-order chi connectivity index (χ0) is 15.1. The van der Waals surface area contributed by atoms with E-state index in [0.29, 0.717) is 21.9 Å². The van der Waals surface area contributed by atoms with Crippen LogP contribution < -0.4 is 21.6 Å².